The Kier molecular flexibility index (Phi) is 5.34. The minimum Gasteiger partial charge on any atom is -0.478 e. The van der Waals surface area contributed by atoms with E-state index >= 15 is 0 Å². The number of hydrogen-bond donors (Lipinski definition) is 0. The molecule has 4 nitrogen and oxygen atoms in total. The number of benzene rings is 2. The van der Waals surface area contributed by atoms with Gasteiger partial charge in [0.15, 0.2) is 17.7 Å². The molecule has 0 bridgehead atoms. The molecule has 25 heavy (non-hydrogen) atoms. The van der Waals surface area contributed by atoms with Crippen LogP contribution in [-0.2, 0) is 4.79 Å². The van der Waals surface area contributed by atoms with Gasteiger partial charge < -0.3 is 14.5 Å². The molecule has 132 valence electrons. The van der Waals surface area contributed by atoms with Gasteiger partial charge in [-0.1, -0.05) is 42.5 Å². The second-order valence-electron chi connectivity index (χ2n) is 6.41. The molecule has 2 atom stereocenters. The largest absolute Gasteiger partial charge is 0.478 e. The second kappa shape index (κ2) is 7.66. The van der Waals surface area contributed by atoms with Crippen molar-refractivity contribution in [3.63, 3.8) is 0 Å². The van der Waals surface area contributed by atoms with Gasteiger partial charge in [-0.3, -0.25) is 4.79 Å². The lowest BCUT2D eigenvalue weighted by atomic mass is 10.0. The average molecular weight is 342 g/mol. The van der Waals surface area contributed by atoms with E-state index in [1.165, 1.54) is 12.1 Å². The quantitative estimate of drug-likeness (QED) is 0.856. The summed E-state index contributed by atoms with van der Waals surface area (Å²) in [4.78, 5) is 17.0. The minimum absolute atomic E-state index is 0.0286. The van der Waals surface area contributed by atoms with Gasteiger partial charge in [-0.05, 0) is 31.7 Å². The van der Waals surface area contributed by atoms with Crippen molar-refractivity contribution in [1.82, 2.24) is 9.80 Å². The number of likely N-dealkylation sites (N-methyl/N-ethyl adjacent to an activating group) is 1. The van der Waals surface area contributed by atoms with Crippen molar-refractivity contribution < 1.29 is 13.9 Å². The van der Waals surface area contributed by atoms with Gasteiger partial charge in [-0.25, -0.2) is 4.39 Å². The van der Waals surface area contributed by atoms with Crippen LogP contribution in [0.2, 0.25) is 0 Å². The van der Waals surface area contributed by atoms with E-state index in [1.807, 2.05) is 35.2 Å². The molecule has 0 radical (unpaired) electrons. The van der Waals surface area contributed by atoms with E-state index < -0.39 is 11.9 Å². The molecule has 1 aliphatic rings. The fourth-order valence-electron chi connectivity index (χ4n) is 3.16. The number of rotatable bonds is 4. The molecule has 2 aromatic carbocycles. The predicted molar refractivity (Wildman–Crippen MR) is 94.9 cm³/mol. The number of amides is 1. The van der Waals surface area contributed by atoms with Gasteiger partial charge in [-0.15, -0.1) is 0 Å². The maximum absolute atomic E-state index is 13.8. The molecule has 0 saturated carbocycles. The highest BCUT2D eigenvalue weighted by Crippen LogP contribution is 2.26. The van der Waals surface area contributed by atoms with Gasteiger partial charge in [-0.2, -0.15) is 0 Å². The van der Waals surface area contributed by atoms with Crippen molar-refractivity contribution in [2.24, 2.45) is 0 Å². The highest BCUT2D eigenvalue weighted by molar-refractivity contribution is 5.81. The first-order chi connectivity index (χ1) is 12.1. The zero-order valence-electron chi connectivity index (χ0n) is 14.6. The van der Waals surface area contributed by atoms with Gasteiger partial charge in [0.1, 0.15) is 0 Å². The smallest absolute Gasteiger partial charge is 0.263 e. The van der Waals surface area contributed by atoms with Crippen LogP contribution in [0.3, 0.4) is 0 Å². The molecule has 1 fully saturated rings. The number of halogens is 1. The maximum Gasteiger partial charge on any atom is 0.263 e. The SMILES string of the molecule is C[C@@H](Oc1ccccc1F)C(=O)N1CCN(C)C[C@H]1c1ccccc1. The minimum atomic E-state index is -0.744. The summed E-state index contributed by atoms with van der Waals surface area (Å²) in [5, 5.41) is 0. The first-order valence-electron chi connectivity index (χ1n) is 8.51. The molecule has 2 aromatic rings. The highest BCUT2D eigenvalue weighted by atomic mass is 19.1. The number of nitrogens with zero attached hydrogens (tertiary/aromatic N) is 2. The number of para-hydroxylation sites is 1. The Morgan fingerprint density at radius 1 is 1.12 bits per heavy atom. The molecule has 5 heteroatoms. The molecule has 1 saturated heterocycles. The van der Waals surface area contributed by atoms with Gasteiger partial charge >= 0.3 is 0 Å². The van der Waals surface area contributed by atoms with Crippen LogP contribution in [0.15, 0.2) is 54.6 Å². The fraction of sp³-hybridized carbons (Fsp3) is 0.350. The summed E-state index contributed by atoms with van der Waals surface area (Å²) in [5.41, 5.74) is 1.10. The molecular weight excluding hydrogens is 319 g/mol. The van der Waals surface area contributed by atoms with Crippen LogP contribution in [0.1, 0.15) is 18.5 Å². The topological polar surface area (TPSA) is 32.8 Å². The van der Waals surface area contributed by atoms with Crippen LogP contribution < -0.4 is 4.74 Å². The Balaban J connectivity index is 1.77. The summed E-state index contributed by atoms with van der Waals surface area (Å²) < 4.78 is 19.4. The van der Waals surface area contributed by atoms with E-state index in [0.29, 0.717) is 6.54 Å². The number of hydrogen-bond acceptors (Lipinski definition) is 3. The fourth-order valence-corrected chi connectivity index (χ4v) is 3.16. The van der Waals surface area contributed by atoms with Crippen molar-refractivity contribution in [2.75, 3.05) is 26.7 Å². The van der Waals surface area contributed by atoms with Crippen molar-refractivity contribution >= 4 is 5.91 Å². The lowest BCUT2D eigenvalue weighted by molar-refractivity contribution is -0.143. The number of piperazine rings is 1. The molecular formula is C20H23FN2O2. The zero-order valence-corrected chi connectivity index (χ0v) is 14.6. The van der Waals surface area contributed by atoms with Crippen molar-refractivity contribution in [3.05, 3.63) is 66.0 Å². The number of ether oxygens (including phenoxy) is 1. The Morgan fingerprint density at radius 3 is 2.52 bits per heavy atom. The Hall–Kier alpha value is -2.40. The molecule has 0 aliphatic carbocycles. The third-order valence-corrected chi connectivity index (χ3v) is 4.54. The average Bonchev–Trinajstić information content (AvgIpc) is 2.63. The summed E-state index contributed by atoms with van der Waals surface area (Å²) in [6.45, 7) is 3.87. The summed E-state index contributed by atoms with van der Waals surface area (Å²) in [6.07, 6.45) is -0.744. The highest BCUT2D eigenvalue weighted by Gasteiger charge is 2.33. The monoisotopic (exact) mass is 342 g/mol. The first-order valence-corrected chi connectivity index (χ1v) is 8.51. The molecule has 1 amide bonds. The summed E-state index contributed by atoms with van der Waals surface area (Å²) >= 11 is 0. The van der Waals surface area contributed by atoms with Crippen LogP contribution in [0.25, 0.3) is 0 Å². The second-order valence-corrected chi connectivity index (χ2v) is 6.41. The van der Waals surface area contributed by atoms with Gasteiger partial charge in [0.2, 0.25) is 0 Å². The molecule has 1 heterocycles. The third kappa shape index (κ3) is 3.99. The van der Waals surface area contributed by atoms with Gasteiger partial charge in [0.25, 0.3) is 5.91 Å². The van der Waals surface area contributed by atoms with Crippen molar-refractivity contribution in [1.29, 1.82) is 0 Å². The van der Waals surface area contributed by atoms with Crippen LogP contribution in [0.5, 0.6) is 5.75 Å². The van der Waals surface area contributed by atoms with Crippen LogP contribution in [0.4, 0.5) is 4.39 Å². The van der Waals surface area contributed by atoms with Crippen LogP contribution >= 0.6 is 0 Å². The Bertz CT molecular complexity index is 723. The molecule has 0 unspecified atom stereocenters. The summed E-state index contributed by atoms with van der Waals surface area (Å²) in [7, 11) is 2.05. The number of carbonyl (C=O) groups excluding carboxylic acids is 1. The van der Waals surface area contributed by atoms with Crippen molar-refractivity contribution in [2.45, 2.75) is 19.1 Å². The predicted octanol–water partition coefficient (Wildman–Crippen LogP) is 3.11. The van der Waals surface area contributed by atoms with Crippen molar-refractivity contribution in [3.8, 4) is 5.75 Å². The van der Waals surface area contributed by atoms with E-state index in [2.05, 4.69) is 11.9 Å². The lowest BCUT2D eigenvalue weighted by Crippen LogP contribution is -2.52. The molecule has 3 rings (SSSR count). The number of carbonyl (C=O) groups is 1. The van der Waals surface area contributed by atoms with Crippen LogP contribution in [-0.4, -0.2) is 48.5 Å². The van der Waals surface area contributed by atoms with E-state index in [1.54, 1.807) is 19.1 Å². The van der Waals surface area contributed by atoms with E-state index in [9.17, 15) is 9.18 Å². The molecule has 0 spiro atoms. The van der Waals surface area contributed by atoms with Gasteiger partial charge in [0.05, 0.1) is 6.04 Å². The maximum atomic E-state index is 13.8. The lowest BCUT2D eigenvalue weighted by Gasteiger charge is -2.41. The first kappa shape index (κ1) is 17.4. The van der Waals surface area contributed by atoms with E-state index in [4.69, 9.17) is 4.74 Å². The standard InChI is InChI=1S/C20H23FN2O2/c1-15(25-19-11-7-6-10-17(19)21)20(24)23-13-12-22(2)14-18(23)16-8-4-3-5-9-16/h3-11,15,18H,12-14H2,1-2H3/t15-,18+/m1/s1. The normalized spacial score (nSPS) is 19.5. The Labute approximate surface area is 147 Å². The Morgan fingerprint density at radius 2 is 1.80 bits per heavy atom. The summed E-state index contributed by atoms with van der Waals surface area (Å²) in [5.74, 6) is -0.473. The summed E-state index contributed by atoms with van der Waals surface area (Å²) in [6, 6.07) is 16.1. The zero-order chi connectivity index (χ0) is 17.8. The van der Waals surface area contributed by atoms with E-state index in [0.717, 1.165) is 18.7 Å². The molecule has 0 N–H and O–H groups in total. The molecule has 1 aliphatic heterocycles. The van der Waals surface area contributed by atoms with Gasteiger partial charge in [0, 0.05) is 19.6 Å². The third-order valence-electron chi connectivity index (χ3n) is 4.54. The molecule has 0 aromatic heterocycles. The van der Waals surface area contributed by atoms with Crippen LogP contribution in [0, 0.1) is 5.82 Å². The van der Waals surface area contributed by atoms with E-state index in [-0.39, 0.29) is 17.7 Å².